The molecule has 0 aliphatic heterocycles. The second-order valence-electron chi connectivity index (χ2n) is 12.4. The molecule has 0 aromatic rings. The zero-order chi connectivity index (χ0) is 25.8. The third kappa shape index (κ3) is 6.87. The summed E-state index contributed by atoms with van der Waals surface area (Å²) in [7, 11) is 0. The van der Waals surface area contributed by atoms with Gasteiger partial charge in [0, 0.05) is 19.6 Å². The van der Waals surface area contributed by atoms with Gasteiger partial charge in [0.15, 0.2) is 0 Å². The smallest absolute Gasteiger partial charge is 0.114 e. The molecular formula is C30H50O5. The highest BCUT2D eigenvalue weighted by Gasteiger charge is 2.50. The van der Waals surface area contributed by atoms with Gasteiger partial charge in [0.25, 0.3) is 0 Å². The highest BCUT2D eigenvalue weighted by molar-refractivity contribution is 5.40. The number of rotatable bonds is 10. The van der Waals surface area contributed by atoms with E-state index in [4.69, 9.17) is 9.84 Å². The maximum Gasteiger partial charge on any atom is 0.114 e. The van der Waals surface area contributed by atoms with Crippen molar-refractivity contribution < 1.29 is 25.2 Å². The molecule has 0 aromatic carbocycles. The second kappa shape index (κ2) is 12.0. The Morgan fingerprint density at radius 3 is 2.63 bits per heavy atom. The SMILES string of the molecule is C=C1/C(=C\C=C2/CCC[C@@]3(C)C2CCC3[C@H](C)CCCC(C)(C)O)C[C@@H](O)[C@@H](OCCCO)[C@@H]1O. The fraction of sp³-hybridized carbons (Fsp3) is 0.800. The van der Waals surface area contributed by atoms with Crippen LogP contribution in [-0.4, -0.2) is 57.6 Å². The molecule has 2 unspecified atom stereocenters. The molecule has 0 radical (unpaired) electrons. The van der Waals surface area contributed by atoms with Crippen molar-refractivity contribution in [1.29, 1.82) is 0 Å². The molecule has 0 bridgehead atoms. The molecule has 5 nitrogen and oxygen atoms in total. The summed E-state index contributed by atoms with van der Waals surface area (Å²) in [5.74, 6) is 1.98. The molecule has 4 N–H and O–H groups in total. The van der Waals surface area contributed by atoms with Gasteiger partial charge in [-0.15, -0.1) is 0 Å². The fourth-order valence-corrected chi connectivity index (χ4v) is 7.21. The molecule has 0 aromatic heterocycles. The molecular weight excluding hydrogens is 440 g/mol. The largest absolute Gasteiger partial charge is 0.396 e. The predicted octanol–water partition coefficient (Wildman–Crippen LogP) is 5.08. The van der Waals surface area contributed by atoms with Crippen LogP contribution in [0.5, 0.6) is 0 Å². The summed E-state index contributed by atoms with van der Waals surface area (Å²) in [5.41, 5.74) is 2.79. The van der Waals surface area contributed by atoms with Gasteiger partial charge < -0.3 is 25.2 Å². The van der Waals surface area contributed by atoms with E-state index in [1.54, 1.807) is 0 Å². The van der Waals surface area contributed by atoms with Crippen molar-refractivity contribution in [2.75, 3.05) is 13.2 Å². The number of aliphatic hydroxyl groups excluding tert-OH is 3. The van der Waals surface area contributed by atoms with Crippen molar-refractivity contribution in [3.8, 4) is 0 Å². The molecule has 3 saturated carbocycles. The highest BCUT2D eigenvalue weighted by atomic mass is 16.5. The zero-order valence-corrected chi connectivity index (χ0v) is 22.5. The Morgan fingerprint density at radius 2 is 1.94 bits per heavy atom. The van der Waals surface area contributed by atoms with Crippen molar-refractivity contribution >= 4 is 0 Å². The zero-order valence-electron chi connectivity index (χ0n) is 22.5. The first-order valence-electron chi connectivity index (χ1n) is 13.9. The lowest BCUT2D eigenvalue weighted by Gasteiger charge is -2.44. The van der Waals surface area contributed by atoms with Gasteiger partial charge in [-0.05, 0) is 93.1 Å². The minimum Gasteiger partial charge on any atom is -0.396 e. The molecule has 7 atom stereocenters. The Hall–Kier alpha value is -0.980. The van der Waals surface area contributed by atoms with Crippen molar-refractivity contribution in [2.45, 2.75) is 116 Å². The summed E-state index contributed by atoms with van der Waals surface area (Å²) >= 11 is 0. The van der Waals surface area contributed by atoms with Crippen LogP contribution >= 0.6 is 0 Å². The monoisotopic (exact) mass is 490 g/mol. The van der Waals surface area contributed by atoms with Crippen molar-refractivity contribution in [2.24, 2.45) is 23.2 Å². The first kappa shape index (κ1) is 28.6. The van der Waals surface area contributed by atoms with E-state index < -0.39 is 23.9 Å². The lowest BCUT2D eigenvalue weighted by Crippen LogP contribution is -2.45. The summed E-state index contributed by atoms with van der Waals surface area (Å²) in [6.07, 6.45) is 12.1. The summed E-state index contributed by atoms with van der Waals surface area (Å²) in [6, 6.07) is 0. The first-order chi connectivity index (χ1) is 16.5. The van der Waals surface area contributed by atoms with E-state index in [9.17, 15) is 15.3 Å². The Labute approximate surface area is 213 Å². The molecule has 3 fully saturated rings. The van der Waals surface area contributed by atoms with Crippen LogP contribution in [0.1, 0.15) is 91.9 Å². The Bertz CT molecular complexity index is 778. The van der Waals surface area contributed by atoms with Crippen LogP contribution in [0, 0.1) is 23.2 Å². The maximum absolute atomic E-state index is 10.7. The first-order valence-corrected chi connectivity index (χ1v) is 13.9. The van der Waals surface area contributed by atoms with Crippen LogP contribution in [0.4, 0.5) is 0 Å². The van der Waals surface area contributed by atoms with Crippen LogP contribution in [0.25, 0.3) is 0 Å². The summed E-state index contributed by atoms with van der Waals surface area (Å²) < 4.78 is 5.63. The van der Waals surface area contributed by atoms with Gasteiger partial charge >= 0.3 is 0 Å². The summed E-state index contributed by atoms with van der Waals surface area (Å²) in [5, 5.41) is 40.4. The quantitative estimate of drug-likeness (QED) is 0.321. The van der Waals surface area contributed by atoms with Crippen LogP contribution < -0.4 is 0 Å². The Balaban J connectivity index is 1.67. The molecule has 0 heterocycles. The number of aliphatic hydroxyl groups is 4. The molecule has 3 aliphatic carbocycles. The lowest BCUT2D eigenvalue weighted by atomic mass is 9.60. The van der Waals surface area contributed by atoms with E-state index in [1.165, 1.54) is 37.7 Å². The molecule has 3 aliphatic rings. The topological polar surface area (TPSA) is 90.2 Å². The van der Waals surface area contributed by atoms with Crippen LogP contribution in [0.15, 0.2) is 35.5 Å². The Kier molecular flexibility index (Phi) is 9.84. The number of hydrogen-bond donors (Lipinski definition) is 4. The van der Waals surface area contributed by atoms with Crippen LogP contribution in [0.2, 0.25) is 0 Å². The van der Waals surface area contributed by atoms with Gasteiger partial charge in [-0.1, -0.05) is 51.0 Å². The van der Waals surface area contributed by atoms with E-state index in [-0.39, 0.29) is 6.61 Å². The second-order valence-corrected chi connectivity index (χ2v) is 12.4. The minimum absolute atomic E-state index is 0.0269. The van der Waals surface area contributed by atoms with Gasteiger partial charge in [-0.2, -0.15) is 0 Å². The molecule has 35 heavy (non-hydrogen) atoms. The summed E-state index contributed by atoms with van der Waals surface area (Å²) in [6.45, 7) is 13.2. The normalized spacial score (nSPS) is 37.1. The Morgan fingerprint density at radius 1 is 1.20 bits per heavy atom. The molecule has 0 amide bonds. The average molecular weight is 491 g/mol. The average Bonchev–Trinajstić information content (AvgIpc) is 3.14. The molecule has 0 spiro atoms. The number of allylic oxidation sites excluding steroid dienone is 3. The van der Waals surface area contributed by atoms with Crippen molar-refractivity contribution in [1.82, 2.24) is 0 Å². The van der Waals surface area contributed by atoms with Gasteiger partial charge in [0.2, 0.25) is 0 Å². The number of ether oxygens (including phenoxy) is 1. The minimum atomic E-state index is -0.931. The van der Waals surface area contributed by atoms with E-state index in [1.807, 2.05) is 13.8 Å². The van der Waals surface area contributed by atoms with E-state index in [0.29, 0.717) is 42.3 Å². The lowest BCUT2D eigenvalue weighted by molar-refractivity contribution is -0.0968. The van der Waals surface area contributed by atoms with Crippen LogP contribution in [0.3, 0.4) is 0 Å². The van der Waals surface area contributed by atoms with Crippen molar-refractivity contribution in [3.05, 3.63) is 35.5 Å². The van der Waals surface area contributed by atoms with Gasteiger partial charge in [-0.3, -0.25) is 0 Å². The third-order valence-corrected chi connectivity index (χ3v) is 9.17. The molecule has 200 valence electrons. The highest BCUT2D eigenvalue weighted by Crippen LogP contribution is 2.60. The fourth-order valence-electron chi connectivity index (χ4n) is 7.21. The maximum atomic E-state index is 10.7. The molecule has 0 saturated heterocycles. The van der Waals surface area contributed by atoms with Gasteiger partial charge in [-0.25, -0.2) is 0 Å². The standard InChI is InChI=1S/C30H50O5/c1-20(9-6-15-29(3,4)34)24-13-14-25-22(10-7-16-30(24,25)5)11-12-23-19-26(32)28(27(33)21(23)2)35-18-8-17-31/h11-12,20,24-28,31-34H,2,6-10,13-19H2,1,3-5H3/b22-11+,23-12-/t20-,24?,25?,26-,27-,28-,30-/m1/s1. The van der Waals surface area contributed by atoms with Gasteiger partial charge in [0.05, 0.1) is 11.7 Å². The van der Waals surface area contributed by atoms with E-state index in [0.717, 1.165) is 30.8 Å². The van der Waals surface area contributed by atoms with Gasteiger partial charge in [0.1, 0.15) is 12.2 Å². The number of fused-ring (bicyclic) bond motifs is 1. The van der Waals surface area contributed by atoms with E-state index in [2.05, 4.69) is 32.6 Å². The third-order valence-electron chi connectivity index (χ3n) is 9.17. The summed E-state index contributed by atoms with van der Waals surface area (Å²) in [4.78, 5) is 0. The molecule has 3 rings (SSSR count). The molecule has 5 heteroatoms. The van der Waals surface area contributed by atoms with E-state index >= 15 is 0 Å². The number of hydrogen-bond acceptors (Lipinski definition) is 5. The predicted molar refractivity (Wildman–Crippen MR) is 141 cm³/mol. The van der Waals surface area contributed by atoms with Crippen LogP contribution in [-0.2, 0) is 4.74 Å². The van der Waals surface area contributed by atoms with Crippen molar-refractivity contribution in [3.63, 3.8) is 0 Å².